The molecular weight excluding hydrogens is 298 g/mol. The average molecular weight is 325 g/mol. The summed E-state index contributed by atoms with van der Waals surface area (Å²) >= 11 is 0. The molecule has 128 valence electrons. The average Bonchev–Trinajstić information content (AvgIpc) is 2.63. The Morgan fingerprint density at radius 2 is 1.62 bits per heavy atom. The molecule has 1 atom stereocenters. The first-order chi connectivity index (χ1) is 11.8. The number of rotatable bonds is 7. The van der Waals surface area contributed by atoms with Gasteiger partial charge in [0.1, 0.15) is 12.4 Å². The summed E-state index contributed by atoms with van der Waals surface area (Å²) in [7, 11) is 0. The molecule has 0 aromatic heterocycles. The molecule has 0 amide bonds. The molecule has 2 aromatic carbocycles. The molecule has 0 spiro atoms. The molecular formula is C21H27NO2. The number of hydrogen-bond acceptors (Lipinski definition) is 3. The van der Waals surface area contributed by atoms with E-state index in [9.17, 15) is 0 Å². The maximum atomic E-state index is 5.80. The molecule has 3 heteroatoms. The standard InChI is InChI=1S/C21H27NO2/c1-18(16-22-11-13-23-14-12-22)15-19-7-9-20(10-8-19)17-24-21-5-3-2-4-6-21/h2-10,18H,11-17H2,1H3/t18-/m0/s1. The van der Waals surface area contributed by atoms with Gasteiger partial charge in [-0.2, -0.15) is 0 Å². The van der Waals surface area contributed by atoms with Crippen molar-refractivity contribution in [1.82, 2.24) is 4.90 Å². The van der Waals surface area contributed by atoms with Gasteiger partial charge in [-0.05, 0) is 35.6 Å². The second-order valence-electron chi connectivity index (χ2n) is 6.64. The minimum atomic E-state index is 0.619. The number of nitrogens with zero attached hydrogens (tertiary/aromatic N) is 1. The molecule has 0 radical (unpaired) electrons. The van der Waals surface area contributed by atoms with E-state index < -0.39 is 0 Å². The summed E-state index contributed by atoms with van der Waals surface area (Å²) in [4.78, 5) is 2.51. The number of morpholine rings is 1. The van der Waals surface area contributed by atoms with E-state index in [0.717, 1.165) is 45.0 Å². The normalized spacial score (nSPS) is 16.7. The third-order valence-corrected chi connectivity index (χ3v) is 4.43. The Balaban J connectivity index is 1.45. The second kappa shape index (κ2) is 8.86. The molecule has 1 fully saturated rings. The maximum absolute atomic E-state index is 5.80. The molecule has 2 aromatic rings. The Labute approximate surface area is 145 Å². The molecule has 1 heterocycles. The third-order valence-electron chi connectivity index (χ3n) is 4.43. The zero-order valence-electron chi connectivity index (χ0n) is 14.5. The van der Waals surface area contributed by atoms with Crippen molar-refractivity contribution in [3.63, 3.8) is 0 Å². The lowest BCUT2D eigenvalue weighted by Gasteiger charge is -2.29. The van der Waals surface area contributed by atoms with Gasteiger partial charge in [-0.3, -0.25) is 4.90 Å². The van der Waals surface area contributed by atoms with Crippen molar-refractivity contribution < 1.29 is 9.47 Å². The Bertz CT molecular complexity index is 591. The van der Waals surface area contributed by atoms with Gasteiger partial charge in [-0.1, -0.05) is 49.4 Å². The Morgan fingerprint density at radius 3 is 2.33 bits per heavy atom. The van der Waals surface area contributed by atoms with Gasteiger partial charge in [0.2, 0.25) is 0 Å². The van der Waals surface area contributed by atoms with Crippen LogP contribution in [0.25, 0.3) is 0 Å². The Morgan fingerprint density at radius 1 is 0.958 bits per heavy atom. The summed E-state index contributed by atoms with van der Waals surface area (Å²) in [6.45, 7) is 8.00. The van der Waals surface area contributed by atoms with Crippen LogP contribution in [0.5, 0.6) is 5.75 Å². The van der Waals surface area contributed by atoms with Crippen molar-refractivity contribution >= 4 is 0 Å². The van der Waals surface area contributed by atoms with E-state index in [1.807, 2.05) is 30.3 Å². The van der Waals surface area contributed by atoms with Gasteiger partial charge in [-0.25, -0.2) is 0 Å². The highest BCUT2D eigenvalue weighted by Gasteiger charge is 2.14. The SMILES string of the molecule is C[C@@H](Cc1ccc(COc2ccccc2)cc1)CN1CCOCC1. The van der Waals surface area contributed by atoms with E-state index in [1.165, 1.54) is 11.1 Å². The van der Waals surface area contributed by atoms with Crippen LogP contribution in [0, 0.1) is 5.92 Å². The summed E-state index contributed by atoms with van der Waals surface area (Å²) < 4.78 is 11.2. The van der Waals surface area contributed by atoms with E-state index in [0.29, 0.717) is 12.5 Å². The molecule has 0 unspecified atom stereocenters. The van der Waals surface area contributed by atoms with Crippen LogP contribution in [0.3, 0.4) is 0 Å². The van der Waals surface area contributed by atoms with Gasteiger partial charge < -0.3 is 9.47 Å². The highest BCUT2D eigenvalue weighted by atomic mass is 16.5. The predicted octanol–water partition coefficient (Wildman–Crippen LogP) is 3.78. The number of ether oxygens (including phenoxy) is 2. The van der Waals surface area contributed by atoms with E-state index >= 15 is 0 Å². The van der Waals surface area contributed by atoms with Crippen LogP contribution in [-0.4, -0.2) is 37.7 Å². The first-order valence-electron chi connectivity index (χ1n) is 8.85. The monoisotopic (exact) mass is 325 g/mol. The van der Waals surface area contributed by atoms with Crippen LogP contribution in [-0.2, 0) is 17.8 Å². The smallest absolute Gasteiger partial charge is 0.119 e. The molecule has 0 bridgehead atoms. The van der Waals surface area contributed by atoms with Crippen LogP contribution in [0.15, 0.2) is 54.6 Å². The summed E-state index contributed by atoms with van der Waals surface area (Å²) in [5.74, 6) is 1.58. The first kappa shape index (κ1) is 17.0. The topological polar surface area (TPSA) is 21.7 Å². The van der Waals surface area contributed by atoms with E-state index in [1.54, 1.807) is 0 Å². The van der Waals surface area contributed by atoms with Crippen molar-refractivity contribution in [2.75, 3.05) is 32.8 Å². The van der Waals surface area contributed by atoms with Crippen LogP contribution in [0.1, 0.15) is 18.1 Å². The fourth-order valence-corrected chi connectivity index (χ4v) is 3.15. The lowest BCUT2D eigenvalue weighted by molar-refractivity contribution is 0.0318. The molecule has 3 rings (SSSR count). The van der Waals surface area contributed by atoms with Crippen LogP contribution in [0.2, 0.25) is 0 Å². The van der Waals surface area contributed by atoms with Gasteiger partial charge in [-0.15, -0.1) is 0 Å². The molecule has 3 nitrogen and oxygen atoms in total. The number of para-hydroxylation sites is 1. The van der Waals surface area contributed by atoms with Crippen molar-refractivity contribution in [1.29, 1.82) is 0 Å². The third kappa shape index (κ3) is 5.36. The fourth-order valence-electron chi connectivity index (χ4n) is 3.15. The molecule has 1 saturated heterocycles. The van der Waals surface area contributed by atoms with Crippen LogP contribution in [0.4, 0.5) is 0 Å². The van der Waals surface area contributed by atoms with Gasteiger partial charge in [0, 0.05) is 19.6 Å². The fraction of sp³-hybridized carbons (Fsp3) is 0.429. The molecule has 0 N–H and O–H groups in total. The first-order valence-corrected chi connectivity index (χ1v) is 8.85. The van der Waals surface area contributed by atoms with E-state index in [2.05, 4.69) is 36.1 Å². The minimum absolute atomic E-state index is 0.619. The highest BCUT2D eigenvalue weighted by Crippen LogP contribution is 2.15. The Hall–Kier alpha value is -1.84. The molecule has 24 heavy (non-hydrogen) atoms. The summed E-state index contributed by atoms with van der Waals surface area (Å²) in [5.41, 5.74) is 2.61. The summed E-state index contributed by atoms with van der Waals surface area (Å²) in [6.07, 6.45) is 1.12. The minimum Gasteiger partial charge on any atom is -0.489 e. The van der Waals surface area contributed by atoms with Crippen molar-refractivity contribution in [2.24, 2.45) is 5.92 Å². The maximum Gasteiger partial charge on any atom is 0.119 e. The van der Waals surface area contributed by atoms with Crippen molar-refractivity contribution in [2.45, 2.75) is 20.0 Å². The zero-order valence-corrected chi connectivity index (χ0v) is 14.5. The van der Waals surface area contributed by atoms with Gasteiger partial charge >= 0.3 is 0 Å². The lowest BCUT2D eigenvalue weighted by atomic mass is 9.99. The second-order valence-corrected chi connectivity index (χ2v) is 6.64. The summed E-state index contributed by atoms with van der Waals surface area (Å²) in [6, 6.07) is 18.8. The zero-order chi connectivity index (χ0) is 16.6. The van der Waals surface area contributed by atoms with Gasteiger partial charge in [0.05, 0.1) is 13.2 Å². The van der Waals surface area contributed by atoms with Gasteiger partial charge in [0.25, 0.3) is 0 Å². The predicted molar refractivity (Wildman–Crippen MR) is 97.3 cm³/mol. The van der Waals surface area contributed by atoms with E-state index in [-0.39, 0.29) is 0 Å². The number of hydrogen-bond donors (Lipinski definition) is 0. The molecule has 0 aliphatic carbocycles. The molecule has 1 aliphatic heterocycles. The molecule has 1 aliphatic rings. The molecule has 0 saturated carbocycles. The quantitative estimate of drug-likeness (QED) is 0.773. The number of benzene rings is 2. The lowest BCUT2D eigenvalue weighted by Crippen LogP contribution is -2.39. The van der Waals surface area contributed by atoms with Crippen LogP contribution >= 0.6 is 0 Å². The van der Waals surface area contributed by atoms with E-state index in [4.69, 9.17) is 9.47 Å². The van der Waals surface area contributed by atoms with Gasteiger partial charge in [0.15, 0.2) is 0 Å². The summed E-state index contributed by atoms with van der Waals surface area (Å²) in [5, 5.41) is 0. The van der Waals surface area contributed by atoms with Crippen molar-refractivity contribution in [3.05, 3.63) is 65.7 Å². The highest BCUT2D eigenvalue weighted by molar-refractivity contribution is 5.25. The Kier molecular flexibility index (Phi) is 6.27. The van der Waals surface area contributed by atoms with Crippen LogP contribution < -0.4 is 4.74 Å². The largest absolute Gasteiger partial charge is 0.489 e. The van der Waals surface area contributed by atoms with Crippen molar-refractivity contribution in [3.8, 4) is 5.75 Å².